The van der Waals surface area contributed by atoms with E-state index in [0.717, 1.165) is 89.9 Å². The summed E-state index contributed by atoms with van der Waals surface area (Å²) in [5.41, 5.74) is 0.713. The minimum Gasteiger partial charge on any atom is -0.481 e. The van der Waals surface area contributed by atoms with E-state index in [-0.39, 0.29) is 45.0 Å². The van der Waals surface area contributed by atoms with Gasteiger partial charge in [-0.25, -0.2) is 0 Å². The minimum absolute atomic E-state index is 0.0391. The molecule has 5 N–H and O–H groups in total. The van der Waals surface area contributed by atoms with Crippen molar-refractivity contribution in [2.45, 2.75) is 188 Å². The number of aliphatic hydroxyl groups excluding tert-OH is 3. The van der Waals surface area contributed by atoms with Gasteiger partial charge in [0.25, 0.3) is 0 Å². The van der Waals surface area contributed by atoms with Crippen LogP contribution in [0.1, 0.15) is 152 Å². The van der Waals surface area contributed by atoms with Gasteiger partial charge in [-0.1, -0.05) is 86.3 Å². The number of carboxylic acids is 1. The molecule has 9 nitrogen and oxygen atoms in total. The molecule has 52 heavy (non-hydrogen) atoms. The third kappa shape index (κ3) is 6.32. The Morgan fingerprint density at radius 1 is 0.904 bits per heavy atom. The van der Waals surface area contributed by atoms with Gasteiger partial charge >= 0.3 is 5.97 Å². The zero-order chi connectivity index (χ0) is 38.1. The SMILES string of the molecule is CCCCCCC(=O)N[C@H]1[C@H](O[C@H]2CC[C@]3(C)[C@H]4CC=C5[C@@H]6CC(C)(C)CC[C@]6(C(=O)O)CC[C@@]5(C)[C@]4(C)CC[C@H]3C2(C)C)O[C@H](CO)[C@H](O)[C@@H]1O. The van der Waals surface area contributed by atoms with E-state index in [0.29, 0.717) is 18.3 Å². The van der Waals surface area contributed by atoms with E-state index >= 15 is 0 Å². The number of nitrogens with one attached hydrogen (secondary N) is 1. The Morgan fingerprint density at radius 2 is 1.62 bits per heavy atom. The Labute approximate surface area is 313 Å². The van der Waals surface area contributed by atoms with Crippen molar-refractivity contribution in [1.29, 1.82) is 0 Å². The lowest BCUT2D eigenvalue weighted by molar-refractivity contribution is -0.306. The van der Waals surface area contributed by atoms with E-state index in [1.165, 1.54) is 5.57 Å². The Balaban J connectivity index is 1.24. The van der Waals surface area contributed by atoms with Gasteiger partial charge in [0.05, 0.1) is 18.1 Å². The maximum Gasteiger partial charge on any atom is 0.310 e. The number of allylic oxidation sites excluding steroid dienone is 2. The molecule has 1 heterocycles. The lowest BCUT2D eigenvalue weighted by Crippen LogP contribution is -2.67. The normalized spacial score (nSPS) is 46.4. The van der Waals surface area contributed by atoms with Gasteiger partial charge in [-0.2, -0.15) is 0 Å². The van der Waals surface area contributed by atoms with Crippen molar-refractivity contribution in [3.63, 3.8) is 0 Å². The molecule has 1 saturated heterocycles. The highest BCUT2D eigenvalue weighted by Gasteiger charge is 2.69. The number of ether oxygens (including phenoxy) is 2. The Hall–Kier alpha value is -1.52. The summed E-state index contributed by atoms with van der Waals surface area (Å²) in [5, 5.41) is 45.7. The van der Waals surface area contributed by atoms with Crippen LogP contribution in [0.5, 0.6) is 0 Å². The summed E-state index contributed by atoms with van der Waals surface area (Å²) >= 11 is 0. The van der Waals surface area contributed by atoms with Crippen LogP contribution in [0.25, 0.3) is 0 Å². The summed E-state index contributed by atoms with van der Waals surface area (Å²) in [5.74, 6) is 0.0933. The van der Waals surface area contributed by atoms with Crippen molar-refractivity contribution in [2.24, 2.45) is 50.2 Å². The van der Waals surface area contributed by atoms with Gasteiger partial charge in [-0.05, 0) is 115 Å². The largest absolute Gasteiger partial charge is 0.481 e. The van der Waals surface area contributed by atoms with Crippen molar-refractivity contribution in [3.05, 3.63) is 11.6 Å². The lowest BCUT2D eigenvalue weighted by atomic mass is 9.33. The highest BCUT2D eigenvalue weighted by atomic mass is 16.7. The van der Waals surface area contributed by atoms with Crippen LogP contribution in [0.15, 0.2) is 11.6 Å². The molecule has 0 aromatic rings. The molecule has 13 atom stereocenters. The van der Waals surface area contributed by atoms with Crippen LogP contribution in [-0.2, 0) is 19.1 Å². The van der Waals surface area contributed by atoms with Crippen molar-refractivity contribution in [3.8, 4) is 0 Å². The first kappa shape index (κ1) is 40.2. The van der Waals surface area contributed by atoms with Crippen molar-refractivity contribution in [2.75, 3.05) is 6.61 Å². The summed E-state index contributed by atoms with van der Waals surface area (Å²) in [4.78, 5) is 26.1. The molecule has 5 fully saturated rings. The summed E-state index contributed by atoms with van der Waals surface area (Å²) in [6.07, 6.45) is 11.0. The number of carbonyl (C=O) groups excluding carboxylic acids is 1. The van der Waals surface area contributed by atoms with Crippen LogP contribution in [0.2, 0.25) is 0 Å². The molecule has 0 unspecified atom stereocenters. The molecule has 0 bridgehead atoms. The molecule has 1 aliphatic heterocycles. The van der Waals surface area contributed by atoms with E-state index in [4.69, 9.17) is 9.47 Å². The minimum atomic E-state index is -1.35. The monoisotopic (exact) mass is 730 g/mol. The predicted molar refractivity (Wildman–Crippen MR) is 200 cm³/mol. The fourth-order valence-electron chi connectivity index (χ4n) is 13.3. The number of rotatable bonds is 10. The number of carboxylic acid groups (broad SMARTS) is 1. The molecule has 4 saturated carbocycles. The molecule has 296 valence electrons. The number of fused-ring (bicyclic) bond motifs is 7. The van der Waals surface area contributed by atoms with E-state index < -0.39 is 48.6 Å². The molecule has 9 heteroatoms. The first-order chi connectivity index (χ1) is 24.3. The van der Waals surface area contributed by atoms with Crippen LogP contribution < -0.4 is 5.32 Å². The fraction of sp³-hybridized carbons (Fsp3) is 0.907. The fourth-order valence-corrected chi connectivity index (χ4v) is 13.3. The van der Waals surface area contributed by atoms with Crippen LogP contribution in [-0.4, -0.2) is 75.7 Å². The average molecular weight is 730 g/mol. The summed E-state index contributed by atoms with van der Waals surface area (Å²) in [7, 11) is 0. The highest BCUT2D eigenvalue weighted by Crippen LogP contribution is 2.76. The predicted octanol–water partition coefficient (Wildman–Crippen LogP) is 7.15. The summed E-state index contributed by atoms with van der Waals surface area (Å²) < 4.78 is 13.0. The molecule has 6 aliphatic rings. The molecule has 5 aliphatic carbocycles. The molecule has 0 spiro atoms. The maximum atomic E-state index is 13.0. The van der Waals surface area contributed by atoms with Crippen molar-refractivity contribution in [1.82, 2.24) is 5.32 Å². The zero-order valence-electron chi connectivity index (χ0n) is 33.5. The maximum absolute atomic E-state index is 13.0. The molecule has 6 rings (SSSR count). The Kier molecular flexibility index (Phi) is 11.0. The average Bonchev–Trinajstić information content (AvgIpc) is 3.07. The third-order valence-electron chi connectivity index (χ3n) is 16.8. The molecule has 0 radical (unpaired) electrons. The lowest BCUT2D eigenvalue weighted by Gasteiger charge is -2.71. The van der Waals surface area contributed by atoms with E-state index in [2.05, 4.69) is 66.8 Å². The van der Waals surface area contributed by atoms with Crippen LogP contribution in [0.4, 0.5) is 0 Å². The Morgan fingerprint density at radius 3 is 2.29 bits per heavy atom. The van der Waals surface area contributed by atoms with Gasteiger partial charge in [0, 0.05) is 6.42 Å². The summed E-state index contributed by atoms with van der Waals surface area (Å²) in [6.45, 7) is 18.4. The number of aliphatic carboxylic acids is 1. The van der Waals surface area contributed by atoms with Crippen molar-refractivity contribution >= 4 is 11.9 Å². The second-order valence-corrected chi connectivity index (χ2v) is 20.3. The van der Waals surface area contributed by atoms with Gasteiger partial charge in [-0.15, -0.1) is 0 Å². The number of carbonyl (C=O) groups is 2. The second-order valence-electron chi connectivity index (χ2n) is 20.3. The first-order valence-corrected chi connectivity index (χ1v) is 20.8. The number of aliphatic hydroxyl groups is 3. The second kappa shape index (κ2) is 14.2. The number of hydrogen-bond acceptors (Lipinski definition) is 7. The molecule has 0 aromatic carbocycles. The van der Waals surface area contributed by atoms with Gasteiger partial charge in [0.2, 0.25) is 5.91 Å². The Bertz CT molecular complexity index is 1380. The van der Waals surface area contributed by atoms with Gasteiger partial charge < -0.3 is 35.2 Å². The van der Waals surface area contributed by atoms with E-state index in [1.54, 1.807) is 0 Å². The van der Waals surface area contributed by atoms with Crippen LogP contribution in [0.3, 0.4) is 0 Å². The molecular formula is C43H71NO8. The smallest absolute Gasteiger partial charge is 0.310 e. The van der Waals surface area contributed by atoms with E-state index in [1.807, 2.05) is 0 Å². The van der Waals surface area contributed by atoms with Crippen LogP contribution in [0, 0.1) is 50.2 Å². The third-order valence-corrected chi connectivity index (χ3v) is 16.8. The van der Waals surface area contributed by atoms with Crippen molar-refractivity contribution < 1.29 is 39.5 Å². The quantitative estimate of drug-likeness (QED) is 0.0906. The standard InChI is InChI=1S/C43H71NO8/c1-9-10-11-12-13-32(46)44-33-35(48)34(47)28(25-45)51-36(33)52-31-17-18-40(6)29(39(31,4)5)16-19-42(8)30(40)15-14-26-27-24-38(2,3)20-22-43(27,37(49)50)23-21-41(26,42)7/h14,27-31,33-36,45,47-48H,9-13,15-25H2,1-8H3,(H,44,46)(H,49,50)/t27-,28+,29-,30+,31-,33+,34-,35+,36-,40-,41+,42+,43-/m0/s1. The number of unbranched alkanes of at least 4 members (excludes halogenated alkanes) is 3. The van der Waals surface area contributed by atoms with Gasteiger partial charge in [0.15, 0.2) is 6.29 Å². The summed E-state index contributed by atoms with van der Waals surface area (Å²) in [6, 6.07) is -0.953. The zero-order valence-corrected chi connectivity index (χ0v) is 33.5. The topological polar surface area (TPSA) is 146 Å². The van der Waals surface area contributed by atoms with Gasteiger partial charge in [-0.3, -0.25) is 9.59 Å². The molecule has 1 amide bonds. The number of hydrogen-bond donors (Lipinski definition) is 5. The first-order valence-electron chi connectivity index (χ1n) is 20.8. The number of amides is 1. The van der Waals surface area contributed by atoms with E-state index in [9.17, 15) is 30.0 Å². The van der Waals surface area contributed by atoms with Crippen LogP contribution >= 0.6 is 0 Å². The molecular weight excluding hydrogens is 658 g/mol. The molecule has 0 aromatic heterocycles. The van der Waals surface area contributed by atoms with Gasteiger partial charge in [0.1, 0.15) is 24.4 Å². The highest BCUT2D eigenvalue weighted by molar-refractivity contribution is 5.77.